The Kier molecular flexibility index (Phi) is 8.37. The van der Waals surface area contributed by atoms with Gasteiger partial charge in [0.15, 0.2) is 11.5 Å². The molecule has 0 bridgehead atoms. The second kappa shape index (κ2) is 12.1. The van der Waals surface area contributed by atoms with E-state index in [0.717, 1.165) is 16.9 Å². The molecule has 1 aliphatic heterocycles. The summed E-state index contributed by atoms with van der Waals surface area (Å²) in [7, 11) is 1.51. The lowest BCUT2D eigenvalue weighted by molar-refractivity contribution is -0.130. The fraction of sp³-hybridized carbons (Fsp3) is 0.207. The number of amides is 4. The highest BCUT2D eigenvalue weighted by Gasteiger charge is 2.35. The third kappa shape index (κ3) is 6.36. The average molecular weight is 519 g/mol. The van der Waals surface area contributed by atoms with E-state index in [4.69, 9.17) is 14.2 Å². The lowest BCUT2D eigenvalue weighted by atomic mass is 10.1. The van der Waals surface area contributed by atoms with Crippen molar-refractivity contribution in [3.8, 4) is 17.2 Å². The summed E-state index contributed by atoms with van der Waals surface area (Å²) in [5, 5.41) is 2.23. The first-order valence-corrected chi connectivity index (χ1v) is 12.0. The zero-order valence-corrected chi connectivity index (χ0v) is 21.0. The quantitative estimate of drug-likeness (QED) is 0.304. The molecule has 1 N–H and O–H groups in total. The molecule has 1 fully saturated rings. The normalized spacial score (nSPS) is 14.4. The molecule has 3 aromatic carbocycles. The van der Waals surface area contributed by atoms with E-state index in [-0.39, 0.29) is 24.5 Å². The van der Waals surface area contributed by atoms with Crippen molar-refractivity contribution in [1.82, 2.24) is 10.2 Å². The van der Waals surface area contributed by atoms with Gasteiger partial charge < -0.3 is 14.2 Å². The Morgan fingerprint density at radius 3 is 2.42 bits per heavy atom. The third-order valence-electron chi connectivity index (χ3n) is 5.70. The molecule has 4 rings (SSSR count). The summed E-state index contributed by atoms with van der Waals surface area (Å²) >= 11 is 0. The van der Waals surface area contributed by atoms with Crippen LogP contribution in [-0.4, -0.2) is 36.5 Å². The second-order valence-electron chi connectivity index (χ2n) is 8.53. The molecule has 0 saturated carbocycles. The maximum atomic E-state index is 13.2. The van der Waals surface area contributed by atoms with Crippen molar-refractivity contribution < 1.29 is 33.0 Å². The number of carbonyl (C=O) groups is 3. The number of urea groups is 1. The summed E-state index contributed by atoms with van der Waals surface area (Å²) in [6, 6.07) is 17.1. The van der Waals surface area contributed by atoms with Crippen LogP contribution in [0.3, 0.4) is 0 Å². The van der Waals surface area contributed by atoms with Gasteiger partial charge in [0.25, 0.3) is 11.8 Å². The third-order valence-corrected chi connectivity index (χ3v) is 5.70. The molecule has 0 spiro atoms. The van der Waals surface area contributed by atoms with Crippen LogP contribution >= 0.6 is 0 Å². The zero-order valence-electron chi connectivity index (χ0n) is 21.0. The molecule has 8 nitrogen and oxygen atoms in total. The van der Waals surface area contributed by atoms with Crippen LogP contribution in [0.2, 0.25) is 0 Å². The first-order chi connectivity index (χ1) is 18.4. The summed E-state index contributed by atoms with van der Waals surface area (Å²) in [6.07, 6.45) is 2.24. The molecule has 0 unspecified atom stereocenters. The van der Waals surface area contributed by atoms with Crippen LogP contribution in [0.1, 0.15) is 30.0 Å². The van der Waals surface area contributed by atoms with Crippen molar-refractivity contribution in [2.75, 3.05) is 13.7 Å². The standard InChI is InChI=1S/C29H27FN2O6/c1-3-13-37-25-12-9-21(16-26(25)36-2)17-32-28(34)24(27(33)31-29(32)35)15-20-5-4-6-23(14-20)38-18-19-7-10-22(30)11-8-19/h4-12,14-16H,3,13,17-18H2,1-2H3,(H,31,33,35)/b24-15-. The van der Waals surface area contributed by atoms with Crippen LogP contribution in [0.15, 0.2) is 72.3 Å². The molecule has 0 aliphatic carbocycles. The minimum absolute atomic E-state index is 0.0689. The summed E-state index contributed by atoms with van der Waals surface area (Å²) < 4.78 is 29.9. The van der Waals surface area contributed by atoms with Gasteiger partial charge in [-0.2, -0.15) is 0 Å². The van der Waals surface area contributed by atoms with Crippen molar-refractivity contribution in [3.05, 3.63) is 94.8 Å². The number of nitrogens with zero attached hydrogens (tertiary/aromatic N) is 1. The van der Waals surface area contributed by atoms with E-state index in [1.165, 1.54) is 25.3 Å². The number of nitrogens with one attached hydrogen (secondary N) is 1. The summed E-state index contributed by atoms with van der Waals surface area (Å²) in [4.78, 5) is 39.2. The molecule has 38 heavy (non-hydrogen) atoms. The Morgan fingerprint density at radius 1 is 0.921 bits per heavy atom. The number of hydrogen-bond donors (Lipinski definition) is 1. The highest BCUT2D eigenvalue weighted by atomic mass is 19.1. The van der Waals surface area contributed by atoms with Crippen molar-refractivity contribution in [2.24, 2.45) is 0 Å². The first-order valence-electron chi connectivity index (χ1n) is 12.0. The van der Waals surface area contributed by atoms with Crippen molar-refractivity contribution in [2.45, 2.75) is 26.5 Å². The maximum absolute atomic E-state index is 13.2. The van der Waals surface area contributed by atoms with E-state index in [1.807, 2.05) is 6.92 Å². The van der Waals surface area contributed by atoms with Crippen LogP contribution in [0.25, 0.3) is 6.08 Å². The van der Waals surface area contributed by atoms with Gasteiger partial charge >= 0.3 is 6.03 Å². The van der Waals surface area contributed by atoms with Gasteiger partial charge in [0.05, 0.1) is 20.3 Å². The molecule has 4 amide bonds. The van der Waals surface area contributed by atoms with Crippen molar-refractivity contribution in [3.63, 3.8) is 0 Å². The van der Waals surface area contributed by atoms with Crippen LogP contribution in [0.5, 0.6) is 17.2 Å². The minimum Gasteiger partial charge on any atom is -0.493 e. The van der Waals surface area contributed by atoms with E-state index in [1.54, 1.807) is 54.6 Å². The van der Waals surface area contributed by atoms with Gasteiger partial charge in [-0.15, -0.1) is 0 Å². The van der Waals surface area contributed by atoms with Gasteiger partial charge in [0, 0.05) is 0 Å². The van der Waals surface area contributed by atoms with Gasteiger partial charge in [-0.1, -0.05) is 37.3 Å². The van der Waals surface area contributed by atoms with E-state index >= 15 is 0 Å². The monoisotopic (exact) mass is 518 g/mol. The number of hydrogen-bond acceptors (Lipinski definition) is 6. The Morgan fingerprint density at radius 2 is 1.68 bits per heavy atom. The zero-order chi connectivity index (χ0) is 27.1. The Bertz CT molecular complexity index is 1370. The van der Waals surface area contributed by atoms with E-state index in [9.17, 15) is 18.8 Å². The minimum atomic E-state index is -0.807. The average Bonchev–Trinajstić information content (AvgIpc) is 2.92. The number of ether oxygens (including phenoxy) is 3. The molecule has 196 valence electrons. The van der Waals surface area contributed by atoms with Crippen LogP contribution < -0.4 is 19.5 Å². The molecule has 9 heteroatoms. The predicted octanol–water partition coefficient (Wildman–Crippen LogP) is 4.86. The Labute approximate surface area is 219 Å². The lowest BCUT2D eigenvalue weighted by Crippen LogP contribution is -2.53. The van der Waals surface area contributed by atoms with Gasteiger partial charge in [-0.3, -0.25) is 19.8 Å². The largest absolute Gasteiger partial charge is 0.493 e. The second-order valence-corrected chi connectivity index (χ2v) is 8.53. The number of benzene rings is 3. The van der Waals surface area contributed by atoms with Gasteiger partial charge in [-0.05, 0) is 65.6 Å². The van der Waals surface area contributed by atoms with Gasteiger partial charge in [0.2, 0.25) is 0 Å². The fourth-order valence-electron chi connectivity index (χ4n) is 3.77. The van der Waals surface area contributed by atoms with E-state index in [2.05, 4.69) is 5.32 Å². The predicted molar refractivity (Wildman–Crippen MR) is 138 cm³/mol. The van der Waals surface area contributed by atoms with Crippen molar-refractivity contribution in [1.29, 1.82) is 0 Å². The maximum Gasteiger partial charge on any atom is 0.331 e. The fourth-order valence-corrected chi connectivity index (χ4v) is 3.77. The van der Waals surface area contributed by atoms with Crippen LogP contribution in [0, 0.1) is 5.82 Å². The number of barbiturate groups is 1. The molecule has 1 aliphatic rings. The molecular weight excluding hydrogens is 491 g/mol. The number of imide groups is 2. The van der Waals surface area contributed by atoms with Crippen LogP contribution in [0.4, 0.5) is 9.18 Å². The molecular formula is C29H27FN2O6. The van der Waals surface area contributed by atoms with Crippen molar-refractivity contribution >= 4 is 23.9 Å². The molecule has 1 heterocycles. The van der Waals surface area contributed by atoms with Crippen LogP contribution in [-0.2, 0) is 22.7 Å². The first kappa shape index (κ1) is 26.4. The number of rotatable bonds is 10. The molecule has 0 radical (unpaired) electrons. The SMILES string of the molecule is CCCOc1ccc(CN2C(=O)NC(=O)/C(=C/c3cccc(OCc4ccc(F)cc4)c3)C2=O)cc1OC. The highest BCUT2D eigenvalue weighted by Crippen LogP contribution is 2.29. The summed E-state index contributed by atoms with van der Waals surface area (Å²) in [6.45, 7) is 2.66. The smallest absolute Gasteiger partial charge is 0.331 e. The summed E-state index contributed by atoms with van der Waals surface area (Å²) in [5.41, 5.74) is 1.76. The molecule has 0 atom stereocenters. The lowest BCUT2D eigenvalue weighted by Gasteiger charge is -2.26. The number of halogens is 1. The Hall–Kier alpha value is -4.66. The summed E-state index contributed by atoms with van der Waals surface area (Å²) in [5.74, 6) is -0.299. The number of carbonyl (C=O) groups excluding carboxylic acids is 3. The van der Waals surface area contributed by atoms with E-state index in [0.29, 0.717) is 35.0 Å². The Balaban J connectivity index is 1.50. The van der Waals surface area contributed by atoms with E-state index < -0.39 is 17.8 Å². The highest BCUT2D eigenvalue weighted by molar-refractivity contribution is 6.30. The molecule has 3 aromatic rings. The molecule has 1 saturated heterocycles. The topological polar surface area (TPSA) is 94.2 Å². The van der Waals surface area contributed by atoms with Gasteiger partial charge in [-0.25, -0.2) is 9.18 Å². The van der Waals surface area contributed by atoms with Gasteiger partial charge in [0.1, 0.15) is 23.7 Å². The number of methoxy groups -OCH3 is 1. The molecule has 0 aromatic heterocycles.